The molecule has 0 aliphatic carbocycles. The number of morpholine rings is 1. The average molecular weight is 497 g/mol. The second-order valence-electron chi connectivity index (χ2n) is 10.1. The fourth-order valence-corrected chi connectivity index (χ4v) is 6.27. The van der Waals surface area contributed by atoms with Crippen LogP contribution in [0.3, 0.4) is 0 Å². The Morgan fingerprint density at radius 1 is 1.06 bits per heavy atom. The van der Waals surface area contributed by atoms with Crippen molar-refractivity contribution in [3.63, 3.8) is 0 Å². The van der Waals surface area contributed by atoms with Crippen LogP contribution in [0.25, 0.3) is 16.7 Å². The van der Waals surface area contributed by atoms with E-state index in [-0.39, 0.29) is 6.10 Å². The second kappa shape index (κ2) is 8.89. The molecule has 3 aromatic rings. The first-order valence-electron chi connectivity index (χ1n) is 12.4. The van der Waals surface area contributed by atoms with Crippen LogP contribution in [0.1, 0.15) is 26.2 Å². The number of fused-ring (bicyclic) bond motifs is 3. The summed E-state index contributed by atoms with van der Waals surface area (Å²) in [7, 11) is -3.24. The van der Waals surface area contributed by atoms with Crippen molar-refractivity contribution in [3.8, 4) is 11.6 Å². The number of hydrogen-bond acceptors (Lipinski definition) is 7. The zero-order chi connectivity index (χ0) is 24.2. The van der Waals surface area contributed by atoms with Crippen LogP contribution >= 0.6 is 0 Å². The molecule has 7 rings (SSSR count). The fraction of sp³-hybridized carbons (Fsp3) is 0.500. The smallest absolute Gasteiger partial charge is 0.175 e. The third-order valence-corrected chi connectivity index (χ3v) is 8.79. The van der Waals surface area contributed by atoms with Gasteiger partial charge in [-0.25, -0.2) is 13.4 Å². The van der Waals surface area contributed by atoms with Gasteiger partial charge in [0, 0.05) is 50.4 Å². The number of rotatable bonds is 6. The number of hydrogen-bond donors (Lipinski definition) is 0. The Hall–Kier alpha value is -2.46. The molecule has 0 N–H and O–H groups in total. The number of piperidine rings is 2. The summed E-state index contributed by atoms with van der Waals surface area (Å²) < 4.78 is 37.7. The summed E-state index contributed by atoms with van der Waals surface area (Å²) in [6.07, 6.45) is 9.71. The van der Waals surface area contributed by atoms with E-state index in [1.165, 1.54) is 12.7 Å². The molecule has 8 nitrogen and oxygen atoms in total. The van der Waals surface area contributed by atoms with E-state index in [4.69, 9.17) is 9.47 Å². The fourth-order valence-electron chi connectivity index (χ4n) is 5.62. The zero-order valence-corrected chi connectivity index (χ0v) is 21.0. The van der Waals surface area contributed by atoms with Gasteiger partial charge in [0.25, 0.3) is 0 Å². The van der Waals surface area contributed by atoms with Crippen molar-refractivity contribution >= 4 is 20.7 Å². The summed E-state index contributed by atoms with van der Waals surface area (Å²) in [5.41, 5.74) is 0.914. The zero-order valence-electron chi connectivity index (χ0n) is 20.2. The van der Waals surface area contributed by atoms with Gasteiger partial charge in [0.2, 0.25) is 0 Å². The summed E-state index contributed by atoms with van der Waals surface area (Å²) in [6.45, 7) is 6.51. The molecule has 0 spiro atoms. The van der Waals surface area contributed by atoms with Crippen LogP contribution in [0, 0.1) is 0 Å². The summed E-state index contributed by atoms with van der Waals surface area (Å²) in [5, 5.41) is 0.866. The van der Waals surface area contributed by atoms with E-state index >= 15 is 0 Å². The van der Waals surface area contributed by atoms with Crippen LogP contribution in [-0.2, 0) is 14.6 Å². The summed E-state index contributed by atoms with van der Waals surface area (Å²) >= 11 is 0. The Labute approximate surface area is 206 Å². The van der Waals surface area contributed by atoms with Crippen molar-refractivity contribution < 1.29 is 17.9 Å². The molecule has 3 atom stereocenters. The Morgan fingerprint density at radius 2 is 1.80 bits per heavy atom. The van der Waals surface area contributed by atoms with Gasteiger partial charge in [-0.1, -0.05) is 0 Å². The SMILES string of the molecule is CC(N1CCC(Oc2ccc(-n3ccc4cc(S(C)(=O)=O)ccc43)nc2)CC1)N1CC2CC(C1)O2. The molecular formula is C26H32N4O4S. The number of nitrogens with zero attached hydrogens (tertiary/aromatic N) is 4. The number of ether oxygens (including phenoxy) is 2. The van der Waals surface area contributed by atoms with Crippen molar-refractivity contribution in [3.05, 3.63) is 48.8 Å². The standard InChI is InChI=1S/C26H32N4O4S/c1-18(29-16-22-14-23(17-29)34-22)28-10-8-20(9-11-28)33-21-3-6-26(27-15-21)30-12-7-19-13-24(35(2,31)32)4-5-25(19)30/h3-7,12-13,15,18,20,22-23H,8-11,14,16-17H2,1-2H3. The minimum Gasteiger partial charge on any atom is -0.489 e. The first kappa shape index (κ1) is 23.0. The Morgan fingerprint density at radius 3 is 2.46 bits per heavy atom. The van der Waals surface area contributed by atoms with E-state index in [1.807, 2.05) is 35.0 Å². The van der Waals surface area contributed by atoms with Crippen molar-refractivity contribution in [2.45, 2.75) is 55.6 Å². The third-order valence-electron chi connectivity index (χ3n) is 7.68. The molecular weight excluding hydrogens is 464 g/mol. The lowest BCUT2D eigenvalue weighted by Gasteiger charge is -2.51. The maximum absolute atomic E-state index is 11.8. The topological polar surface area (TPSA) is 76.9 Å². The molecule has 6 heterocycles. The highest BCUT2D eigenvalue weighted by atomic mass is 32.2. The molecule has 4 saturated heterocycles. The largest absolute Gasteiger partial charge is 0.489 e. The lowest BCUT2D eigenvalue weighted by molar-refractivity contribution is -0.198. The highest BCUT2D eigenvalue weighted by Crippen LogP contribution is 2.31. The van der Waals surface area contributed by atoms with E-state index in [1.54, 1.807) is 18.3 Å². The molecule has 0 radical (unpaired) electrons. The molecule has 1 aromatic carbocycles. The molecule has 4 aliphatic rings. The van der Waals surface area contributed by atoms with Crippen molar-refractivity contribution in [1.82, 2.24) is 19.4 Å². The van der Waals surface area contributed by atoms with Gasteiger partial charge >= 0.3 is 0 Å². The molecule has 2 bridgehead atoms. The maximum Gasteiger partial charge on any atom is 0.175 e. The third kappa shape index (κ3) is 4.58. The van der Waals surface area contributed by atoms with Crippen molar-refractivity contribution in [2.75, 3.05) is 32.4 Å². The van der Waals surface area contributed by atoms with E-state index in [9.17, 15) is 8.42 Å². The summed E-state index contributed by atoms with van der Waals surface area (Å²) in [6, 6.07) is 11.0. The number of sulfone groups is 1. The minimum absolute atomic E-state index is 0.200. The van der Waals surface area contributed by atoms with Gasteiger partial charge in [-0.05, 0) is 56.2 Å². The summed E-state index contributed by atoms with van der Waals surface area (Å²) in [5.74, 6) is 1.55. The van der Waals surface area contributed by atoms with E-state index in [2.05, 4.69) is 21.7 Å². The lowest BCUT2D eigenvalue weighted by atomic mass is 9.98. The average Bonchev–Trinajstić information content (AvgIpc) is 3.27. The number of pyridine rings is 1. The molecule has 3 unspecified atom stereocenters. The van der Waals surface area contributed by atoms with Gasteiger partial charge in [-0.3, -0.25) is 9.80 Å². The summed E-state index contributed by atoms with van der Waals surface area (Å²) in [4.78, 5) is 10.1. The predicted molar refractivity (Wildman–Crippen MR) is 134 cm³/mol. The molecule has 4 aliphatic heterocycles. The first-order chi connectivity index (χ1) is 16.8. The second-order valence-corrected chi connectivity index (χ2v) is 12.1. The van der Waals surface area contributed by atoms with Crippen LogP contribution in [0.15, 0.2) is 53.7 Å². The minimum atomic E-state index is -3.24. The number of benzene rings is 1. The molecule has 35 heavy (non-hydrogen) atoms. The van der Waals surface area contributed by atoms with Crippen LogP contribution in [0.2, 0.25) is 0 Å². The highest BCUT2D eigenvalue weighted by Gasteiger charge is 2.41. The predicted octanol–water partition coefficient (Wildman–Crippen LogP) is 3.09. The number of likely N-dealkylation sites (tertiary alicyclic amines) is 1. The van der Waals surface area contributed by atoms with Gasteiger partial charge in [-0.2, -0.15) is 0 Å². The van der Waals surface area contributed by atoms with E-state index in [0.29, 0.717) is 23.3 Å². The van der Waals surface area contributed by atoms with Crippen LogP contribution in [0.5, 0.6) is 5.75 Å². The Kier molecular flexibility index (Phi) is 5.83. The van der Waals surface area contributed by atoms with E-state index < -0.39 is 9.84 Å². The van der Waals surface area contributed by atoms with Gasteiger partial charge in [0.05, 0.1) is 35.0 Å². The highest BCUT2D eigenvalue weighted by molar-refractivity contribution is 7.90. The monoisotopic (exact) mass is 496 g/mol. The molecule has 4 fully saturated rings. The molecule has 0 saturated carbocycles. The molecule has 0 amide bonds. The van der Waals surface area contributed by atoms with Crippen molar-refractivity contribution in [1.29, 1.82) is 0 Å². The van der Waals surface area contributed by atoms with Crippen LogP contribution in [-0.4, -0.2) is 84.7 Å². The lowest BCUT2D eigenvalue weighted by Crippen LogP contribution is -2.62. The van der Waals surface area contributed by atoms with Crippen LogP contribution < -0.4 is 4.74 Å². The Balaban J connectivity index is 1.06. The maximum atomic E-state index is 11.8. The van der Waals surface area contributed by atoms with Gasteiger partial charge in [-0.15, -0.1) is 0 Å². The van der Waals surface area contributed by atoms with Gasteiger partial charge < -0.3 is 14.0 Å². The number of aromatic nitrogens is 2. The van der Waals surface area contributed by atoms with Crippen LogP contribution in [0.4, 0.5) is 0 Å². The van der Waals surface area contributed by atoms with Gasteiger partial charge in [0.15, 0.2) is 9.84 Å². The van der Waals surface area contributed by atoms with Gasteiger partial charge in [0.1, 0.15) is 17.7 Å². The first-order valence-corrected chi connectivity index (χ1v) is 14.3. The Bertz CT molecular complexity index is 1300. The van der Waals surface area contributed by atoms with E-state index in [0.717, 1.165) is 61.5 Å². The molecule has 2 aromatic heterocycles. The molecule has 9 heteroatoms. The quantitative estimate of drug-likeness (QED) is 0.519. The molecule has 186 valence electrons. The van der Waals surface area contributed by atoms with Crippen molar-refractivity contribution in [2.24, 2.45) is 0 Å². The normalized spacial score (nSPS) is 24.9.